The van der Waals surface area contributed by atoms with E-state index >= 15 is 0 Å². The molecule has 1 unspecified atom stereocenters. The highest BCUT2D eigenvalue weighted by Gasteiger charge is 2.21. The molecular formula is C18H16OS. The summed E-state index contributed by atoms with van der Waals surface area (Å²) in [5, 5.41) is 15.4. The average molecular weight is 280 g/mol. The van der Waals surface area contributed by atoms with E-state index in [1.54, 1.807) is 11.3 Å². The van der Waals surface area contributed by atoms with Crippen LogP contribution in [0.15, 0.2) is 41.8 Å². The van der Waals surface area contributed by atoms with Gasteiger partial charge in [0.2, 0.25) is 0 Å². The lowest BCUT2D eigenvalue weighted by Gasteiger charge is -2.15. The summed E-state index contributed by atoms with van der Waals surface area (Å²) in [7, 11) is 0. The van der Waals surface area contributed by atoms with E-state index in [9.17, 15) is 5.11 Å². The Labute approximate surface area is 122 Å². The van der Waals surface area contributed by atoms with E-state index in [1.165, 1.54) is 27.5 Å². The van der Waals surface area contributed by atoms with Crippen LogP contribution in [0.4, 0.5) is 0 Å². The second-order valence-corrected chi connectivity index (χ2v) is 6.47. The third-order valence-corrected chi connectivity index (χ3v) is 5.43. The van der Waals surface area contributed by atoms with Gasteiger partial charge in [0.05, 0.1) is 0 Å². The highest BCUT2D eigenvalue weighted by atomic mass is 32.1. The molecule has 1 N–H and O–H groups in total. The Morgan fingerprint density at radius 1 is 1.05 bits per heavy atom. The molecule has 4 rings (SSSR count). The fourth-order valence-corrected chi connectivity index (χ4v) is 4.24. The molecule has 0 radical (unpaired) electrons. The molecule has 20 heavy (non-hydrogen) atoms. The molecular weight excluding hydrogens is 264 g/mol. The first-order valence-electron chi connectivity index (χ1n) is 7.01. The summed E-state index contributed by atoms with van der Waals surface area (Å²) < 4.78 is 0. The molecule has 1 aliphatic carbocycles. The molecule has 0 spiro atoms. The molecule has 100 valence electrons. The monoisotopic (exact) mass is 280 g/mol. The Hall–Kier alpha value is -1.64. The molecule has 0 bridgehead atoms. The molecule has 0 fully saturated rings. The number of aliphatic hydroxyl groups is 1. The molecule has 0 amide bonds. The maximum atomic E-state index is 10.8. The summed E-state index contributed by atoms with van der Waals surface area (Å²) in [6.07, 6.45) is 1.74. The Morgan fingerprint density at radius 2 is 1.85 bits per heavy atom. The highest BCUT2D eigenvalue weighted by Crippen LogP contribution is 2.38. The molecule has 1 aliphatic rings. The van der Waals surface area contributed by atoms with Crippen LogP contribution in [0.25, 0.3) is 10.8 Å². The number of aryl methyl sites for hydroxylation is 3. The van der Waals surface area contributed by atoms with Crippen molar-refractivity contribution in [2.75, 3.05) is 0 Å². The Kier molecular flexibility index (Phi) is 2.69. The van der Waals surface area contributed by atoms with Crippen molar-refractivity contribution in [3.05, 3.63) is 68.9 Å². The Balaban J connectivity index is 1.96. The van der Waals surface area contributed by atoms with Gasteiger partial charge in [-0.15, -0.1) is 11.3 Å². The van der Waals surface area contributed by atoms with Crippen molar-refractivity contribution in [1.29, 1.82) is 0 Å². The van der Waals surface area contributed by atoms with E-state index in [0.29, 0.717) is 0 Å². The van der Waals surface area contributed by atoms with Gasteiger partial charge in [-0.05, 0) is 64.2 Å². The zero-order chi connectivity index (χ0) is 13.7. The van der Waals surface area contributed by atoms with Gasteiger partial charge in [0.15, 0.2) is 0 Å². The van der Waals surface area contributed by atoms with Crippen LogP contribution in [0.2, 0.25) is 0 Å². The SMILES string of the molecule is Cc1ccsc1C(O)c1ccc2c3c(cccc13)CC2. The van der Waals surface area contributed by atoms with Crippen molar-refractivity contribution < 1.29 is 5.11 Å². The minimum atomic E-state index is -0.514. The number of hydrogen-bond donors (Lipinski definition) is 1. The van der Waals surface area contributed by atoms with Crippen LogP contribution in [-0.4, -0.2) is 5.11 Å². The van der Waals surface area contributed by atoms with E-state index in [4.69, 9.17) is 0 Å². The largest absolute Gasteiger partial charge is 0.383 e. The quantitative estimate of drug-likeness (QED) is 0.738. The number of hydrogen-bond acceptors (Lipinski definition) is 2. The zero-order valence-corrected chi connectivity index (χ0v) is 12.2. The average Bonchev–Trinajstić information content (AvgIpc) is 3.07. The summed E-state index contributed by atoms with van der Waals surface area (Å²) in [5.74, 6) is 0. The topological polar surface area (TPSA) is 20.2 Å². The predicted molar refractivity (Wildman–Crippen MR) is 84.5 cm³/mol. The van der Waals surface area contributed by atoms with Gasteiger partial charge < -0.3 is 5.11 Å². The number of thiophene rings is 1. The van der Waals surface area contributed by atoms with Gasteiger partial charge in [-0.25, -0.2) is 0 Å². The van der Waals surface area contributed by atoms with Crippen molar-refractivity contribution in [2.24, 2.45) is 0 Å². The minimum Gasteiger partial charge on any atom is -0.383 e. The Morgan fingerprint density at radius 3 is 2.60 bits per heavy atom. The standard InChI is InChI=1S/C18H16OS/c1-11-9-10-20-18(11)17(19)15-8-7-13-6-5-12-3-2-4-14(15)16(12)13/h2-4,7-10,17,19H,5-6H2,1H3. The van der Waals surface area contributed by atoms with Crippen LogP contribution in [0.3, 0.4) is 0 Å². The van der Waals surface area contributed by atoms with Gasteiger partial charge in [0, 0.05) is 4.88 Å². The van der Waals surface area contributed by atoms with Gasteiger partial charge in [-0.3, -0.25) is 0 Å². The Bertz CT molecular complexity index is 790. The zero-order valence-electron chi connectivity index (χ0n) is 11.4. The second kappa shape index (κ2) is 4.44. The van der Waals surface area contributed by atoms with Gasteiger partial charge in [0.1, 0.15) is 6.10 Å². The number of benzene rings is 2. The first-order valence-corrected chi connectivity index (χ1v) is 7.89. The lowest BCUT2D eigenvalue weighted by atomic mass is 9.95. The first-order chi connectivity index (χ1) is 9.75. The summed E-state index contributed by atoms with van der Waals surface area (Å²) >= 11 is 1.64. The lowest BCUT2D eigenvalue weighted by Crippen LogP contribution is -2.00. The van der Waals surface area contributed by atoms with Gasteiger partial charge in [-0.2, -0.15) is 0 Å². The maximum Gasteiger partial charge on any atom is 0.114 e. The molecule has 0 saturated carbocycles. The van der Waals surface area contributed by atoms with Crippen LogP contribution in [-0.2, 0) is 12.8 Å². The molecule has 2 heteroatoms. The number of rotatable bonds is 2. The molecule has 2 aromatic carbocycles. The number of aliphatic hydroxyl groups excluding tert-OH is 1. The summed E-state index contributed by atoms with van der Waals surface area (Å²) in [6.45, 7) is 2.06. The fraction of sp³-hybridized carbons (Fsp3) is 0.222. The molecule has 1 nitrogen and oxygen atoms in total. The lowest BCUT2D eigenvalue weighted by molar-refractivity contribution is 0.225. The first kappa shape index (κ1) is 12.1. The van der Waals surface area contributed by atoms with Gasteiger partial charge in [0.25, 0.3) is 0 Å². The molecule has 0 saturated heterocycles. The van der Waals surface area contributed by atoms with Gasteiger partial charge >= 0.3 is 0 Å². The van der Waals surface area contributed by atoms with Gasteiger partial charge in [-0.1, -0.05) is 30.3 Å². The van der Waals surface area contributed by atoms with Crippen molar-refractivity contribution >= 4 is 22.1 Å². The van der Waals surface area contributed by atoms with Crippen LogP contribution >= 0.6 is 11.3 Å². The third kappa shape index (κ3) is 1.65. The molecule has 0 aliphatic heterocycles. The smallest absolute Gasteiger partial charge is 0.114 e. The van der Waals surface area contributed by atoms with Crippen molar-refractivity contribution in [2.45, 2.75) is 25.9 Å². The second-order valence-electron chi connectivity index (χ2n) is 5.52. The van der Waals surface area contributed by atoms with Crippen molar-refractivity contribution in [3.63, 3.8) is 0 Å². The predicted octanol–water partition coefficient (Wildman–Crippen LogP) is 4.39. The van der Waals surface area contributed by atoms with Crippen LogP contribution in [0, 0.1) is 6.92 Å². The summed E-state index contributed by atoms with van der Waals surface area (Å²) in [5.41, 5.74) is 5.06. The van der Waals surface area contributed by atoms with E-state index in [2.05, 4.69) is 43.3 Å². The maximum absolute atomic E-state index is 10.8. The summed E-state index contributed by atoms with van der Waals surface area (Å²) in [4.78, 5) is 1.06. The molecule has 1 atom stereocenters. The normalized spacial score (nSPS) is 14.9. The van der Waals surface area contributed by atoms with E-state index in [1.807, 2.05) is 5.38 Å². The van der Waals surface area contributed by atoms with Crippen LogP contribution < -0.4 is 0 Å². The van der Waals surface area contributed by atoms with Crippen LogP contribution in [0.1, 0.15) is 33.2 Å². The fourth-order valence-electron chi connectivity index (χ4n) is 3.31. The van der Waals surface area contributed by atoms with E-state index < -0.39 is 6.10 Å². The molecule has 3 aromatic rings. The summed E-state index contributed by atoms with van der Waals surface area (Å²) in [6, 6.07) is 12.9. The minimum absolute atomic E-state index is 0.514. The molecule has 1 aromatic heterocycles. The van der Waals surface area contributed by atoms with E-state index in [0.717, 1.165) is 23.3 Å². The van der Waals surface area contributed by atoms with Crippen LogP contribution in [0.5, 0.6) is 0 Å². The van der Waals surface area contributed by atoms with Crippen molar-refractivity contribution in [3.8, 4) is 0 Å². The van der Waals surface area contributed by atoms with Crippen molar-refractivity contribution in [1.82, 2.24) is 0 Å². The highest BCUT2D eigenvalue weighted by molar-refractivity contribution is 7.10. The van der Waals surface area contributed by atoms with E-state index in [-0.39, 0.29) is 0 Å². The molecule has 1 heterocycles. The third-order valence-electron chi connectivity index (χ3n) is 4.36.